The van der Waals surface area contributed by atoms with Crippen LogP contribution in [0.2, 0.25) is 5.02 Å². The summed E-state index contributed by atoms with van der Waals surface area (Å²) in [6, 6.07) is 16.8. The summed E-state index contributed by atoms with van der Waals surface area (Å²) < 4.78 is 1.62. The summed E-state index contributed by atoms with van der Waals surface area (Å²) in [4.78, 5) is 17.0. The summed E-state index contributed by atoms with van der Waals surface area (Å²) in [6.45, 7) is 4.55. The predicted octanol–water partition coefficient (Wildman–Crippen LogP) is 3.06. The number of amides is 1. The second-order valence-electron chi connectivity index (χ2n) is 6.85. The average Bonchev–Trinajstić information content (AvgIpc) is 3.15. The molecule has 1 amide bonds. The van der Waals surface area contributed by atoms with Crippen molar-refractivity contribution in [1.29, 1.82) is 5.26 Å². The molecular formula is C21H19ClN6O. The van der Waals surface area contributed by atoms with E-state index in [0.29, 0.717) is 35.1 Å². The third-order valence-electron chi connectivity index (χ3n) is 5.10. The molecule has 0 saturated carbocycles. The zero-order valence-electron chi connectivity index (χ0n) is 15.9. The van der Waals surface area contributed by atoms with Crippen LogP contribution in [0.5, 0.6) is 0 Å². The molecule has 1 aliphatic heterocycles. The van der Waals surface area contributed by atoms with Gasteiger partial charge in [0.15, 0.2) is 5.69 Å². The van der Waals surface area contributed by atoms with Gasteiger partial charge in [0.25, 0.3) is 5.91 Å². The highest BCUT2D eigenvalue weighted by molar-refractivity contribution is 6.30. The van der Waals surface area contributed by atoms with Gasteiger partial charge in [-0.25, -0.2) is 4.68 Å². The maximum absolute atomic E-state index is 13.0. The van der Waals surface area contributed by atoms with Crippen LogP contribution in [0.4, 0.5) is 5.69 Å². The number of hydrogen-bond acceptors (Lipinski definition) is 5. The Hall–Kier alpha value is -3.37. The summed E-state index contributed by atoms with van der Waals surface area (Å²) in [5.41, 5.74) is 3.47. The van der Waals surface area contributed by atoms with Crippen molar-refractivity contribution in [3.8, 4) is 11.8 Å². The van der Waals surface area contributed by atoms with Crippen LogP contribution < -0.4 is 4.90 Å². The first kappa shape index (κ1) is 19.0. The van der Waals surface area contributed by atoms with Crippen molar-refractivity contribution in [2.24, 2.45) is 0 Å². The van der Waals surface area contributed by atoms with Crippen molar-refractivity contribution < 1.29 is 4.79 Å². The van der Waals surface area contributed by atoms with E-state index in [1.807, 2.05) is 36.1 Å². The molecule has 8 heteroatoms. The number of nitriles is 1. The SMILES string of the molecule is Cc1c(C(=O)N2CCN(c3ccc(Cl)cc3)CC2)nnn1-c1ccc(C#N)cc1. The average molecular weight is 407 g/mol. The van der Waals surface area contributed by atoms with Crippen LogP contribution in [0.15, 0.2) is 48.5 Å². The molecular weight excluding hydrogens is 388 g/mol. The van der Waals surface area contributed by atoms with Crippen LogP contribution in [-0.2, 0) is 0 Å². The van der Waals surface area contributed by atoms with E-state index in [9.17, 15) is 4.79 Å². The molecule has 1 fully saturated rings. The number of benzene rings is 2. The van der Waals surface area contributed by atoms with Gasteiger partial charge in [-0.1, -0.05) is 16.8 Å². The van der Waals surface area contributed by atoms with Gasteiger partial charge in [0.2, 0.25) is 0 Å². The first-order chi connectivity index (χ1) is 14.1. The van der Waals surface area contributed by atoms with Gasteiger partial charge in [0, 0.05) is 36.9 Å². The number of hydrogen-bond donors (Lipinski definition) is 0. The number of carbonyl (C=O) groups is 1. The summed E-state index contributed by atoms with van der Waals surface area (Å²) in [7, 11) is 0. The van der Waals surface area contributed by atoms with Gasteiger partial charge in [-0.15, -0.1) is 5.10 Å². The van der Waals surface area contributed by atoms with Crippen molar-refractivity contribution in [2.45, 2.75) is 6.92 Å². The summed E-state index contributed by atoms with van der Waals surface area (Å²) >= 11 is 5.96. The lowest BCUT2D eigenvalue weighted by molar-refractivity contribution is 0.0740. The smallest absolute Gasteiger partial charge is 0.276 e. The van der Waals surface area contributed by atoms with Gasteiger partial charge < -0.3 is 9.80 Å². The lowest BCUT2D eigenvalue weighted by Crippen LogP contribution is -2.49. The van der Waals surface area contributed by atoms with Crippen LogP contribution in [0.25, 0.3) is 5.69 Å². The van der Waals surface area contributed by atoms with Crippen molar-refractivity contribution in [3.63, 3.8) is 0 Å². The van der Waals surface area contributed by atoms with Gasteiger partial charge in [0.05, 0.1) is 23.0 Å². The third-order valence-corrected chi connectivity index (χ3v) is 5.35. The molecule has 1 saturated heterocycles. The molecule has 0 bridgehead atoms. The minimum atomic E-state index is -0.113. The van der Waals surface area contributed by atoms with E-state index < -0.39 is 0 Å². The Labute approximate surface area is 173 Å². The summed E-state index contributed by atoms with van der Waals surface area (Å²) in [6.07, 6.45) is 0. The summed E-state index contributed by atoms with van der Waals surface area (Å²) in [5, 5.41) is 17.9. The Morgan fingerprint density at radius 1 is 1.00 bits per heavy atom. The minimum Gasteiger partial charge on any atom is -0.368 e. The van der Waals surface area contributed by atoms with Gasteiger partial charge in [-0.2, -0.15) is 5.26 Å². The molecule has 0 unspecified atom stereocenters. The zero-order chi connectivity index (χ0) is 20.4. The number of anilines is 1. The molecule has 2 aromatic carbocycles. The fraction of sp³-hybridized carbons (Fsp3) is 0.238. The van der Waals surface area contributed by atoms with E-state index >= 15 is 0 Å². The van der Waals surface area contributed by atoms with E-state index in [2.05, 4.69) is 21.3 Å². The van der Waals surface area contributed by atoms with Crippen LogP contribution in [-0.4, -0.2) is 52.0 Å². The largest absolute Gasteiger partial charge is 0.368 e. The molecule has 7 nitrogen and oxygen atoms in total. The lowest BCUT2D eigenvalue weighted by Gasteiger charge is -2.35. The Bertz CT molecular complexity index is 1060. The molecule has 3 aromatic rings. The monoisotopic (exact) mass is 406 g/mol. The van der Waals surface area contributed by atoms with Crippen LogP contribution in [0.3, 0.4) is 0 Å². The molecule has 0 N–H and O–H groups in total. The third kappa shape index (κ3) is 3.80. The molecule has 2 heterocycles. The Balaban J connectivity index is 1.46. The lowest BCUT2D eigenvalue weighted by atomic mass is 10.2. The number of rotatable bonds is 3. The molecule has 29 heavy (non-hydrogen) atoms. The first-order valence-electron chi connectivity index (χ1n) is 9.29. The van der Waals surface area contributed by atoms with Crippen LogP contribution >= 0.6 is 11.6 Å². The molecule has 146 valence electrons. The standard InChI is InChI=1S/C21H19ClN6O/c1-15-20(24-25-28(15)19-6-2-16(14-23)3-7-19)21(29)27-12-10-26(11-13-27)18-8-4-17(22)5-9-18/h2-9H,10-13H2,1H3. The van der Waals surface area contributed by atoms with Crippen LogP contribution in [0, 0.1) is 18.3 Å². The summed E-state index contributed by atoms with van der Waals surface area (Å²) in [5.74, 6) is -0.113. The van der Waals surface area contributed by atoms with Gasteiger partial charge in [-0.05, 0) is 55.5 Å². The van der Waals surface area contributed by atoms with E-state index in [0.717, 1.165) is 24.5 Å². The van der Waals surface area contributed by atoms with E-state index in [1.54, 1.807) is 28.9 Å². The van der Waals surface area contributed by atoms with Gasteiger partial charge in [0.1, 0.15) is 0 Å². The number of halogens is 1. The highest BCUT2D eigenvalue weighted by Crippen LogP contribution is 2.21. The number of nitrogens with zero attached hydrogens (tertiary/aromatic N) is 6. The maximum Gasteiger partial charge on any atom is 0.276 e. The second-order valence-corrected chi connectivity index (χ2v) is 7.29. The highest BCUT2D eigenvalue weighted by Gasteiger charge is 2.26. The predicted molar refractivity (Wildman–Crippen MR) is 110 cm³/mol. The second kappa shape index (κ2) is 7.94. The quantitative estimate of drug-likeness (QED) is 0.668. The molecule has 1 aromatic heterocycles. The molecule has 4 rings (SSSR count). The van der Waals surface area contributed by atoms with Crippen molar-refractivity contribution in [1.82, 2.24) is 19.9 Å². The molecule has 1 aliphatic rings. The van der Waals surface area contributed by atoms with Crippen molar-refractivity contribution in [3.05, 3.63) is 70.5 Å². The number of piperazine rings is 1. The van der Waals surface area contributed by atoms with Gasteiger partial charge in [-0.3, -0.25) is 4.79 Å². The first-order valence-corrected chi connectivity index (χ1v) is 9.67. The van der Waals surface area contributed by atoms with Crippen molar-refractivity contribution >= 4 is 23.2 Å². The zero-order valence-corrected chi connectivity index (χ0v) is 16.7. The minimum absolute atomic E-state index is 0.113. The Kier molecular flexibility index (Phi) is 5.19. The fourth-order valence-corrected chi connectivity index (χ4v) is 3.54. The van der Waals surface area contributed by atoms with Crippen LogP contribution in [0.1, 0.15) is 21.7 Å². The van der Waals surface area contributed by atoms with Gasteiger partial charge >= 0.3 is 0 Å². The molecule has 0 atom stereocenters. The Morgan fingerprint density at radius 3 is 2.24 bits per heavy atom. The maximum atomic E-state index is 13.0. The number of aromatic nitrogens is 3. The van der Waals surface area contributed by atoms with Crippen molar-refractivity contribution in [2.75, 3.05) is 31.1 Å². The normalized spacial score (nSPS) is 14.0. The Morgan fingerprint density at radius 2 is 1.62 bits per heavy atom. The molecule has 0 radical (unpaired) electrons. The highest BCUT2D eigenvalue weighted by atomic mass is 35.5. The molecule has 0 aliphatic carbocycles. The number of carbonyl (C=O) groups excluding carboxylic acids is 1. The van der Waals surface area contributed by atoms with E-state index in [1.165, 1.54) is 0 Å². The van der Waals surface area contributed by atoms with E-state index in [-0.39, 0.29) is 5.91 Å². The molecule has 0 spiro atoms. The van der Waals surface area contributed by atoms with E-state index in [4.69, 9.17) is 16.9 Å². The topological polar surface area (TPSA) is 78.1 Å². The fourth-order valence-electron chi connectivity index (χ4n) is 3.42.